The molecule has 1 saturated heterocycles. The van der Waals surface area contributed by atoms with E-state index < -0.39 is 9.84 Å². The molecule has 1 aromatic heterocycles. The van der Waals surface area contributed by atoms with E-state index in [1.807, 2.05) is 54.6 Å². The van der Waals surface area contributed by atoms with Crippen molar-refractivity contribution in [3.05, 3.63) is 72.4 Å². The number of nitrogens with zero attached hydrogens (tertiary/aromatic N) is 2. The Hall–Kier alpha value is -2.93. The Morgan fingerprint density at radius 2 is 1.86 bits per heavy atom. The summed E-state index contributed by atoms with van der Waals surface area (Å²) in [5, 5.41) is 0.931. The van der Waals surface area contributed by atoms with Crippen LogP contribution in [0.25, 0.3) is 10.9 Å². The second-order valence-corrected chi connectivity index (χ2v) is 9.41. The zero-order valence-electron chi connectivity index (χ0n) is 15.9. The molecule has 0 aliphatic carbocycles. The van der Waals surface area contributed by atoms with Gasteiger partial charge in [-0.3, -0.25) is 9.78 Å². The summed E-state index contributed by atoms with van der Waals surface area (Å²) in [5.74, 6) is 0.421. The molecule has 3 aromatic rings. The van der Waals surface area contributed by atoms with Gasteiger partial charge in [0.25, 0.3) is 5.91 Å². The molecule has 29 heavy (non-hydrogen) atoms. The van der Waals surface area contributed by atoms with Gasteiger partial charge in [-0.2, -0.15) is 0 Å². The fraction of sp³-hybridized carbons (Fsp3) is 0.273. The standard InChI is InChI=1S/C22H22N2O4S/c25-21(15-28-20-10-4-8-18-9-5-12-23-22(18)20)24(14-17-6-2-1-3-7-17)19-11-13-29(26,27)16-19/h1-10,12,19H,11,13-16H2/t19-/m0/s1. The number of hydrogen-bond donors (Lipinski definition) is 0. The Bertz CT molecular complexity index is 1110. The number of rotatable bonds is 6. The number of carbonyl (C=O) groups excluding carboxylic acids is 1. The Labute approximate surface area is 170 Å². The minimum Gasteiger partial charge on any atom is -0.481 e. The van der Waals surface area contributed by atoms with Gasteiger partial charge in [-0.15, -0.1) is 0 Å². The van der Waals surface area contributed by atoms with Gasteiger partial charge in [-0.05, 0) is 24.1 Å². The molecule has 0 N–H and O–H groups in total. The van der Waals surface area contributed by atoms with Crippen molar-refractivity contribution in [3.63, 3.8) is 0 Å². The monoisotopic (exact) mass is 410 g/mol. The summed E-state index contributed by atoms with van der Waals surface area (Å²) >= 11 is 0. The molecule has 0 unspecified atom stereocenters. The van der Waals surface area contributed by atoms with Crippen LogP contribution in [0.2, 0.25) is 0 Å². The molecule has 1 atom stereocenters. The topological polar surface area (TPSA) is 76.6 Å². The lowest BCUT2D eigenvalue weighted by Gasteiger charge is -2.28. The van der Waals surface area contributed by atoms with Gasteiger partial charge in [0.2, 0.25) is 0 Å². The molecule has 1 aliphatic heterocycles. The van der Waals surface area contributed by atoms with Gasteiger partial charge in [-0.1, -0.05) is 48.5 Å². The van der Waals surface area contributed by atoms with E-state index in [4.69, 9.17) is 4.74 Å². The molecular weight excluding hydrogens is 388 g/mol. The molecule has 0 spiro atoms. The Kier molecular flexibility index (Phi) is 5.49. The van der Waals surface area contributed by atoms with Crippen molar-refractivity contribution in [2.75, 3.05) is 18.1 Å². The van der Waals surface area contributed by atoms with E-state index in [1.165, 1.54) is 0 Å². The summed E-state index contributed by atoms with van der Waals surface area (Å²) in [6.45, 7) is 0.191. The first-order valence-corrected chi connectivity index (χ1v) is 11.3. The van der Waals surface area contributed by atoms with Crippen LogP contribution < -0.4 is 4.74 Å². The second kappa shape index (κ2) is 8.21. The Balaban J connectivity index is 1.53. The summed E-state index contributed by atoms with van der Waals surface area (Å²) in [6, 6.07) is 18.6. The molecule has 1 aliphatic rings. The average molecular weight is 410 g/mol. The molecule has 4 rings (SSSR count). The molecule has 6 nitrogen and oxygen atoms in total. The summed E-state index contributed by atoms with van der Waals surface area (Å²) in [5.41, 5.74) is 1.65. The fourth-order valence-electron chi connectivity index (χ4n) is 3.64. The van der Waals surface area contributed by atoms with Crippen molar-refractivity contribution in [1.29, 1.82) is 0 Å². The molecular formula is C22H22N2O4S. The largest absolute Gasteiger partial charge is 0.481 e. The fourth-order valence-corrected chi connectivity index (χ4v) is 5.37. The van der Waals surface area contributed by atoms with Crippen molar-refractivity contribution < 1.29 is 17.9 Å². The van der Waals surface area contributed by atoms with Crippen LogP contribution in [0.1, 0.15) is 12.0 Å². The van der Waals surface area contributed by atoms with Crippen LogP contribution in [0.5, 0.6) is 5.75 Å². The van der Waals surface area contributed by atoms with Gasteiger partial charge < -0.3 is 9.64 Å². The van der Waals surface area contributed by atoms with Crippen LogP contribution in [0.4, 0.5) is 0 Å². The Morgan fingerprint density at radius 3 is 2.62 bits per heavy atom. The van der Waals surface area contributed by atoms with Crippen LogP contribution >= 0.6 is 0 Å². The summed E-state index contributed by atoms with van der Waals surface area (Å²) in [6.07, 6.45) is 2.14. The predicted octanol–water partition coefficient (Wildman–Crippen LogP) is 2.83. The summed E-state index contributed by atoms with van der Waals surface area (Å²) in [7, 11) is -3.11. The van der Waals surface area contributed by atoms with Gasteiger partial charge in [0.15, 0.2) is 16.4 Å². The molecule has 0 bridgehead atoms. The quantitative estimate of drug-likeness (QED) is 0.625. The van der Waals surface area contributed by atoms with Crippen molar-refractivity contribution in [2.45, 2.75) is 19.0 Å². The van der Waals surface area contributed by atoms with Crippen molar-refractivity contribution in [2.24, 2.45) is 0 Å². The minimum atomic E-state index is -3.11. The van der Waals surface area contributed by atoms with Gasteiger partial charge in [-0.25, -0.2) is 8.42 Å². The predicted molar refractivity (Wildman–Crippen MR) is 111 cm³/mol. The number of hydrogen-bond acceptors (Lipinski definition) is 5. The molecule has 1 fully saturated rings. The first-order chi connectivity index (χ1) is 14.0. The third kappa shape index (κ3) is 4.56. The lowest BCUT2D eigenvalue weighted by Crippen LogP contribution is -2.43. The first kappa shape index (κ1) is 19.4. The highest BCUT2D eigenvalue weighted by atomic mass is 32.2. The van der Waals surface area contributed by atoms with E-state index in [0.29, 0.717) is 24.2 Å². The van der Waals surface area contributed by atoms with Gasteiger partial charge in [0, 0.05) is 24.2 Å². The van der Waals surface area contributed by atoms with E-state index in [9.17, 15) is 13.2 Å². The van der Waals surface area contributed by atoms with E-state index >= 15 is 0 Å². The molecule has 0 radical (unpaired) electrons. The highest BCUT2D eigenvalue weighted by molar-refractivity contribution is 7.91. The molecule has 150 valence electrons. The van der Waals surface area contributed by atoms with Crippen LogP contribution in [0.15, 0.2) is 66.9 Å². The average Bonchev–Trinajstić information content (AvgIpc) is 3.10. The molecule has 0 saturated carbocycles. The number of ether oxygens (including phenoxy) is 1. The van der Waals surface area contributed by atoms with E-state index in [2.05, 4.69) is 4.98 Å². The third-order valence-electron chi connectivity index (χ3n) is 5.11. The number of para-hydroxylation sites is 1. The van der Waals surface area contributed by atoms with E-state index in [0.717, 1.165) is 10.9 Å². The smallest absolute Gasteiger partial charge is 0.261 e. The second-order valence-electron chi connectivity index (χ2n) is 7.18. The van der Waals surface area contributed by atoms with Gasteiger partial charge in [0.1, 0.15) is 11.3 Å². The zero-order valence-corrected chi connectivity index (χ0v) is 16.7. The molecule has 7 heteroatoms. The minimum absolute atomic E-state index is 0.00139. The maximum atomic E-state index is 13.0. The van der Waals surface area contributed by atoms with E-state index in [-0.39, 0.29) is 30.1 Å². The molecule has 1 amide bonds. The number of aromatic nitrogens is 1. The van der Waals surface area contributed by atoms with Crippen LogP contribution in [-0.2, 0) is 21.2 Å². The molecule has 2 heterocycles. The number of pyridine rings is 1. The normalized spacial score (nSPS) is 17.9. The lowest BCUT2D eigenvalue weighted by atomic mass is 10.1. The SMILES string of the molecule is O=C(COc1cccc2cccnc12)N(Cc1ccccc1)[C@H]1CCS(=O)(=O)C1. The lowest BCUT2D eigenvalue weighted by molar-refractivity contribution is -0.135. The number of benzene rings is 2. The van der Waals surface area contributed by atoms with Gasteiger partial charge in [0.05, 0.1) is 11.5 Å². The van der Waals surface area contributed by atoms with Crippen LogP contribution in [0.3, 0.4) is 0 Å². The number of fused-ring (bicyclic) bond motifs is 1. The van der Waals surface area contributed by atoms with Crippen molar-refractivity contribution >= 4 is 26.6 Å². The summed E-state index contributed by atoms with van der Waals surface area (Å²) < 4.78 is 29.7. The molecule has 2 aromatic carbocycles. The van der Waals surface area contributed by atoms with Gasteiger partial charge >= 0.3 is 0 Å². The summed E-state index contributed by atoms with van der Waals surface area (Å²) in [4.78, 5) is 19.0. The number of sulfone groups is 1. The zero-order chi connectivity index (χ0) is 20.3. The third-order valence-corrected chi connectivity index (χ3v) is 6.86. The van der Waals surface area contributed by atoms with E-state index in [1.54, 1.807) is 17.2 Å². The number of amides is 1. The maximum Gasteiger partial charge on any atom is 0.261 e. The Morgan fingerprint density at radius 1 is 1.07 bits per heavy atom. The number of carbonyl (C=O) groups is 1. The highest BCUT2D eigenvalue weighted by Gasteiger charge is 2.34. The van der Waals surface area contributed by atoms with Crippen LogP contribution in [0, 0.1) is 0 Å². The maximum absolute atomic E-state index is 13.0. The highest BCUT2D eigenvalue weighted by Crippen LogP contribution is 2.24. The van der Waals surface area contributed by atoms with Crippen molar-refractivity contribution in [3.8, 4) is 5.75 Å². The van der Waals surface area contributed by atoms with Crippen LogP contribution in [-0.4, -0.2) is 48.4 Å². The van der Waals surface area contributed by atoms with Crippen molar-refractivity contribution in [1.82, 2.24) is 9.88 Å². The first-order valence-electron chi connectivity index (χ1n) is 9.52.